The number of ether oxygens (including phenoxy) is 2. The van der Waals surface area contributed by atoms with Crippen LogP contribution in [0.1, 0.15) is 11.1 Å². The van der Waals surface area contributed by atoms with Crippen molar-refractivity contribution in [2.75, 3.05) is 7.11 Å². The Balaban J connectivity index is 2.15. The normalized spacial score (nSPS) is 13.2. The number of carbonyl (C=O) groups excluding carboxylic acids is 2. The minimum Gasteiger partial charge on any atom is -0.467 e. The molecule has 0 radical (unpaired) electrons. The number of benzene rings is 2. The zero-order chi connectivity index (χ0) is 17.4. The third kappa shape index (κ3) is 4.30. The van der Waals surface area contributed by atoms with Gasteiger partial charge in [-0.3, -0.25) is 0 Å². The molecule has 0 aromatic heterocycles. The smallest absolute Gasteiger partial charge is 0.342 e. The molecule has 5 heteroatoms. The number of hydrogen-bond donors (Lipinski definition) is 1. The lowest BCUT2D eigenvalue weighted by Gasteiger charge is -2.21. The third-order valence-electron chi connectivity index (χ3n) is 3.41. The van der Waals surface area contributed by atoms with E-state index in [1.165, 1.54) is 13.2 Å². The molecule has 0 aliphatic heterocycles. The van der Waals surface area contributed by atoms with Gasteiger partial charge in [0.2, 0.25) is 5.54 Å². The maximum atomic E-state index is 12.4. The fraction of sp³-hybridized carbons (Fsp3) is 0.158. The number of rotatable bonds is 6. The second-order valence-corrected chi connectivity index (χ2v) is 5.17. The Morgan fingerprint density at radius 2 is 1.58 bits per heavy atom. The van der Waals surface area contributed by atoms with Crippen LogP contribution in [0.2, 0.25) is 0 Å². The second-order valence-electron chi connectivity index (χ2n) is 5.17. The summed E-state index contributed by atoms with van der Waals surface area (Å²) in [5.41, 5.74) is 5.57. The molecule has 24 heavy (non-hydrogen) atoms. The van der Waals surface area contributed by atoms with E-state index in [2.05, 4.69) is 4.74 Å². The maximum absolute atomic E-state index is 12.4. The molecule has 124 valence electrons. The minimum atomic E-state index is -2.00. The van der Waals surface area contributed by atoms with Crippen LogP contribution in [0.4, 0.5) is 0 Å². The zero-order valence-electron chi connectivity index (χ0n) is 13.3. The average molecular weight is 325 g/mol. The van der Waals surface area contributed by atoms with Gasteiger partial charge in [-0.05, 0) is 17.2 Å². The van der Waals surface area contributed by atoms with Crippen LogP contribution in [0.15, 0.2) is 66.7 Å². The van der Waals surface area contributed by atoms with Crippen LogP contribution in [0.3, 0.4) is 0 Å². The van der Waals surface area contributed by atoms with Crippen molar-refractivity contribution in [1.29, 1.82) is 0 Å². The van der Waals surface area contributed by atoms with Gasteiger partial charge in [-0.1, -0.05) is 66.7 Å². The Bertz CT molecular complexity index is 713. The summed E-state index contributed by atoms with van der Waals surface area (Å²) in [6.07, 6.45) is 2.88. The van der Waals surface area contributed by atoms with Crippen molar-refractivity contribution in [3.8, 4) is 0 Å². The van der Waals surface area contributed by atoms with E-state index in [1.54, 1.807) is 6.08 Å². The van der Waals surface area contributed by atoms with Crippen LogP contribution >= 0.6 is 0 Å². The SMILES string of the molecule is COC(=O)C(N)(C=Cc1ccccc1)C(=O)OCc1ccccc1. The van der Waals surface area contributed by atoms with Crippen molar-refractivity contribution in [2.24, 2.45) is 5.73 Å². The van der Waals surface area contributed by atoms with Crippen molar-refractivity contribution < 1.29 is 19.1 Å². The van der Waals surface area contributed by atoms with Crippen molar-refractivity contribution in [1.82, 2.24) is 0 Å². The average Bonchev–Trinajstić information content (AvgIpc) is 2.65. The summed E-state index contributed by atoms with van der Waals surface area (Å²) in [6, 6.07) is 18.3. The van der Waals surface area contributed by atoms with Gasteiger partial charge in [-0.2, -0.15) is 0 Å². The topological polar surface area (TPSA) is 78.6 Å². The summed E-state index contributed by atoms with van der Waals surface area (Å²) in [5.74, 6) is -1.75. The first-order chi connectivity index (χ1) is 11.6. The Hall–Kier alpha value is -2.92. The summed E-state index contributed by atoms with van der Waals surface area (Å²) in [6.45, 7) is 0.0226. The summed E-state index contributed by atoms with van der Waals surface area (Å²) < 4.78 is 9.85. The lowest BCUT2D eigenvalue weighted by atomic mass is 9.99. The predicted molar refractivity (Wildman–Crippen MR) is 90.6 cm³/mol. The molecule has 2 rings (SSSR count). The van der Waals surface area contributed by atoms with Crippen molar-refractivity contribution in [2.45, 2.75) is 12.1 Å². The van der Waals surface area contributed by atoms with Crippen LogP contribution in [0.25, 0.3) is 6.08 Å². The molecule has 0 saturated carbocycles. The first-order valence-electron chi connectivity index (χ1n) is 7.39. The number of carbonyl (C=O) groups is 2. The molecule has 2 aromatic carbocycles. The van der Waals surface area contributed by atoms with E-state index in [-0.39, 0.29) is 6.61 Å². The highest BCUT2D eigenvalue weighted by Gasteiger charge is 2.42. The molecular formula is C19H19NO4. The van der Waals surface area contributed by atoms with Gasteiger partial charge in [0.15, 0.2) is 0 Å². The number of methoxy groups -OCH3 is 1. The molecule has 0 aliphatic carbocycles. The standard InChI is InChI=1S/C19H19NO4/c1-23-17(21)19(20,13-12-15-8-4-2-5-9-15)18(22)24-14-16-10-6-3-7-11-16/h2-13H,14,20H2,1H3. The molecule has 0 bridgehead atoms. The minimum absolute atomic E-state index is 0.0226. The van der Waals surface area contributed by atoms with Gasteiger partial charge in [-0.25, -0.2) is 9.59 Å². The Morgan fingerprint density at radius 1 is 1.00 bits per heavy atom. The molecule has 0 saturated heterocycles. The van der Waals surface area contributed by atoms with E-state index in [4.69, 9.17) is 10.5 Å². The predicted octanol–water partition coefficient (Wildman–Crippen LogP) is 2.31. The van der Waals surface area contributed by atoms with Crippen LogP contribution in [-0.4, -0.2) is 24.6 Å². The highest BCUT2D eigenvalue weighted by Crippen LogP contribution is 2.14. The van der Waals surface area contributed by atoms with Crippen molar-refractivity contribution in [3.05, 3.63) is 77.9 Å². The monoisotopic (exact) mass is 325 g/mol. The summed E-state index contributed by atoms with van der Waals surface area (Å²) >= 11 is 0. The molecular weight excluding hydrogens is 306 g/mol. The van der Waals surface area contributed by atoms with Gasteiger partial charge in [0.1, 0.15) is 6.61 Å². The molecule has 2 N–H and O–H groups in total. The highest BCUT2D eigenvalue weighted by atomic mass is 16.6. The third-order valence-corrected chi connectivity index (χ3v) is 3.41. The Morgan fingerprint density at radius 3 is 2.17 bits per heavy atom. The van der Waals surface area contributed by atoms with E-state index < -0.39 is 17.5 Å². The molecule has 1 atom stereocenters. The van der Waals surface area contributed by atoms with E-state index in [9.17, 15) is 9.59 Å². The first kappa shape index (κ1) is 17.4. The van der Waals surface area contributed by atoms with Gasteiger partial charge in [0.25, 0.3) is 0 Å². The lowest BCUT2D eigenvalue weighted by Crippen LogP contribution is -2.54. The molecule has 0 aliphatic rings. The second kappa shape index (κ2) is 8.08. The summed E-state index contributed by atoms with van der Waals surface area (Å²) in [5, 5.41) is 0. The Labute approximate surface area is 140 Å². The van der Waals surface area contributed by atoms with Gasteiger partial charge in [-0.15, -0.1) is 0 Å². The molecule has 0 heterocycles. The Kier molecular flexibility index (Phi) is 5.87. The fourth-order valence-corrected chi connectivity index (χ4v) is 2.02. The fourth-order valence-electron chi connectivity index (χ4n) is 2.02. The molecule has 5 nitrogen and oxygen atoms in total. The highest BCUT2D eigenvalue weighted by molar-refractivity contribution is 6.07. The molecule has 2 aromatic rings. The van der Waals surface area contributed by atoms with Crippen LogP contribution in [0.5, 0.6) is 0 Å². The van der Waals surface area contributed by atoms with Crippen molar-refractivity contribution in [3.63, 3.8) is 0 Å². The van der Waals surface area contributed by atoms with Gasteiger partial charge in [0.05, 0.1) is 7.11 Å². The molecule has 1 unspecified atom stereocenters. The summed E-state index contributed by atoms with van der Waals surface area (Å²) in [7, 11) is 1.17. The zero-order valence-corrected chi connectivity index (χ0v) is 13.3. The van der Waals surface area contributed by atoms with Crippen LogP contribution in [0, 0.1) is 0 Å². The van der Waals surface area contributed by atoms with Crippen molar-refractivity contribution >= 4 is 18.0 Å². The number of esters is 2. The number of hydrogen-bond acceptors (Lipinski definition) is 5. The van der Waals surface area contributed by atoms with E-state index in [0.29, 0.717) is 0 Å². The maximum Gasteiger partial charge on any atom is 0.342 e. The lowest BCUT2D eigenvalue weighted by molar-refractivity contribution is -0.160. The summed E-state index contributed by atoms with van der Waals surface area (Å²) in [4.78, 5) is 24.4. The van der Waals surface area contributed by atoms with E-state index >= 15 is 0 Å². The van der Waals surface area contributed by atoms with Gasteiger partial charge >= 0.3 is 11.9 Å². The van der Waals surface area contributed by atoms with Gasteiger partial charge < -0.3 is 15.2 Å². The quantitative estimate of drug-likeness (QED) is 0.651. The van der Waals surface area contributed by atoms with Crippen LogP contribution in [-0.2, 0) is 25.7 Å². The van der Waals surface area contributed by atoms with Crippen LogP contribution < -0.4 is 5.73 Å². The largest absolute Gasteiger partial charge is 0.467 e. The molecule has 0 amide bonds. The number of nitrogens with two attached hydrogens (primary N) is 1. The van der Waals surface area contributed by atoms with Gasteiger partial charge in [0, 0.05) is 0 Å². The van der Waals surface area contributed by atoms with E-state index in [1.807, 2.05) is 60.7 Å². The molecule has 0 spiro atoms. The first-order valence-corrected chi connectivity index (χ1v) is 7.39. The molecule has 0 fully saturated rings. The van der Waals surface area contributed by atoms with E-state index in [0.717, 1.165) is 11.1 Å².